The van der Waals surface area contributed by atoms with Gasteiger partial charge in [0.1, 0.15) is 18.9 Å². The normalized spacial score (nSPS) is 18.7. The van der Waals surface area contributed by atoms with Crippen LogP contribution in [0, 0.1) is 22.0 Å². The number of nitro benzene ring substituents is 1. The fourth-order valence-electron chi connectivity index (χ4n) is 5.28. The molecular formula is C27H31N3O6. The van der Waals surface area contributed by atoms with Crippen LogP contribution in [-0.2, 0) is 0 Å². The van der Waals surface area contributed by atoms with Gasteiger partial charge in [-0.05, 0) is 61.9 Å². The van der Waals surface area contributed by atoms with Crippen LogP contribution in [0.15, 0.2) is 36.4 Å². The van der Waals surface area contributed by atoms with Crippen LogP contribution in [0.25, 0.3) is 0 Å². The van der Waals surface area contributed by atoms with E-state index in [1.54, 1.807) is 35.2 Å². The molecule has 9 nitrogen and oxygen atoms in total. The fourth-order valence-corrected chi connectivity index (χ4v) is 5.28. The van der Waals surface area contributed by atoms with Crippen molar-refractivity contribution in [3.8, 4) is 11.5 Å². The molecule has 0 aliphatic carbocycles. The molecule has 0 unspecified atom stereocenters. The Balaban J connectivity index is 1.24. The Hall–Kier alpha value is -3.62. The summed E-state index contributed by atoms with van der Waals surface area (Å²) in [6.45, 7) is 5.57. The second-order valence-electron chi connectivity index (χ2n) is 9.92. The summed E-state index contributed by atoms with van der Waals surface area (Å²) in [6, 6.07) is 10.1. The summed E-state index contributed by atoms with van der Waals surface area (Å²) >= 11 is 0. The van der Waals surface area contributed by atoms with Gasteiger partial charge < -0.3 is 19.3 Å². The van der Waals surface area contributed by atoms with E-state index in [-0.39, 0.29) is 23.3 Å². The first-order valence-corrected chi connectivity index (χ1v) is 12.7. The summed E-state index contributed by atoms with van der Waals surface area (Å²) in [7, 11) is 0. The smallest absolute Gasteiger partial charge is 0.293 e. The van der Waals surface area contributed by atoms with Gasteiger partial charge in [-0.25, -0.2) is 0 Å². The number of carbonyl (C=O) groups excluding carboxylic acids is 2. The number of hydrogen-bond donors (Lipinski definition) is 0. The maximum atomic E-state index is 13.2. The molecule has 2 fully saturated rings. The molecule has 0 bridgehead atoms. The minimum absolute atomic E-state index is 0.0286. The number of fused-ring (bicyclic) bond motifs is 1. The number of hydrogen-bond acceptors (Lipinski definition) is 7. The van der Waals surface area contributed by atoms with Crippen LogP contribution in [0.5, 0.6) is 11.5 Å². The number of piperidine rings is 2. The van der Waals surface area contributed by atoms with Gasteiger partial charge >= 0.3 is 0 Å². The zero-order valence-corrected chi connectivity index (χ0v) is 20.5. The van der Waals surface area contributed by atoms with Crippen molar-refractivity contribution in [2.45, 2.75) is 32.6 Å². The lowest BCUT2D eigenvalue weighted by Gasteiger charge is -2.33. The summed E-state index contributed by atoms with van der Waals surface area (Å²) in [5.41, 5.74) is 1.45. The van der Waals surface area contributed by atoms with E-state index in [1.807, 2.05) is 4.90 Å². The number of benzene rings is 2. The summed E-state index contributed by atoms with van der Waals surface area (Å²) in [4.78, 5) is 41.4. The molecule has 36 heavy (non-hydrogen) atoms. The first-order chi connectivity index (χ1) is 17.4. The Morgan fingerprint density at radius 1 is 0.889 bits per heavy atom. The zero-order valence-electron chi connectivity index (χ0n) is 20.5. The lowest BCUT2D eigenvalue weighted by molar-refractivity contribution is -0.384. The molecule has 2 aromatic rings. The van der Waals surface area contributed by atoms with Crippen LogP contribution in [0.2, 0.25) is 0 Å². The predicted octanol–water partition coefficient (Wildman–Crippen LogP) is 4.34. The van der Waals surface area contributed by atoms with E-state index in [4.69, 9.17) is 9.47 Å². The SMILES string of the molecule is CC1CCN(c2ccc(C(=O)N3CCC(C(=O)c4ccc5c(c4)OCCO5)CC3)cc2[N+](=O)[O-])CC1. The van der Waals surface area contributed by atoms with Crippen LogP contribution in [0.1, 0.15) is 53.3 Å². The maximum absolute atomic E-state index is 13.2. The Kier molecular flexibility index (Phi) is 6.80. The van der Waals surface area contributed by atoms with Crippen LogP contribution < -0.4 is 14.4 Å². The quantitative estimate of drug-likeness (QED) is 0.347. The van der Waals surface area contributed by atoms with Crippen LogP contribution in [0.3, 0.4) is 0 Å². The number of nitrogens with zero attached hydrogens (tertiary/aromatic N) is 3. The number of carbonyl (C=O) groups is 2. The van der Waals surface area contributed by atoms with Gasteiger partial charge in [-0.3, -0.25) is 19.7 Å². The molecule has 0 spiro atoms. The third kappa shape index (κ3) is 4.87. The molecule has 0 N–H and O–H groups in total. The van der Waals surface area contributed by atoms with Crippen molar-refractivity contribution >= 4 is 23.1 Å². The number of ether oxygens (including phenoxy) is 2. The van der Waals surface area contributed by atoms with Gasteiger partial charge in [0.15, 0.2) is 17.3 Å². The van der Waals surface area contributed by atoms with Crippen LogP contribution >= 0.6 is 0 Å². The van der Waals surface area contributed by atoms with E-state index in [0.717, 1.165) is 25.9 Å². The third-order valence-electron chi connectivity index (χ3n) is 7.52. The van der Waals surface area contributed by atoms with E-state index in [9.17, 15) is 19.7 Å². The molecule has 0 radical (unpaired) electrons. The molecule has 0 saturated carbocycles. The Morgan fingerprint density at radius 3 is 2.25 bits per heavy atom. The van der Waals surface area contributed by atoms with Crippen molar-refractivity contribution in [1.82, 2.24) is 4.90 Å². The number of nitro groups is 1. The number of likely N-dealkylation sites (tertiary alicyclic amines) is 1. The highest BCUT2D eigenvalue weighted by Gasteiger charge is 2.31. The molecule has 0 aromatic heterocycles. The Morgan fingerprint density at radius 2 is 1.56 bits per heavy atom. The topological polar surface area (TPSA) is 102 Å². The highest BCUT2D eigenvalue weighted by molar-refractivity contribution is 5.99. The van der Waals surface area contributed by atoms with Gasteiger partial charge in [0.2, 0.25) is 0 Å². The number of Topliss-reactive ketones (excluding diaryl/α,β-unsaturated/α-hetero) is 1. The monoisotopic (exact) mass is 493 g/mol. The van der Waals surface area contributed by atoms with E-state index < -0.39 is 4.92 Å². The van der Waals surface area contributed by atoms with Crippen molar-refractivity contribution < 1.29 is 24.0 Å². The predicted molar refractivity (Wildman–Crippen MR) is 134 cm³/mol. The van der Waals surface area contributed by atoms with Crippen LogP contribution in [-0.4, -0.2) is 60.9 Å². The summed E-state index contributed by atoms with van der Waals surface area (Å²) in [6.07, 6.45) is 3.09. The zero-order chi connectivity index (χ0) is 25.2. The summed E-state index contributed by atoms with van der Waals surface area (Å²) in [5.74, 6) is 1.47. The van der Waals surface area contributed by atoms with Gasteiger partial charge in [0.25, 0.3) is 11.6 Å². The molecule has 190 valence electrons. The third-order valence-corrected chi connectivity index (χ3v) is 7.52. The Bertz CT molecular complexity index is 1170. The van der Waals surface area contributed by atoms with Crippen LogP contribution in [0.4, 0.5) is 11.4 Å². The number of rotatable bonds is 5. The van der Waals surface area contributed by atoms with Gasteiger partial charge in [0.05, 0.1) is 4.92 Å². The van der Waals surface area contributed by atoms with Crippen molar-refractivity contribution in [2.24, 2.45) is 11.8 Å². The minimum atomic E-state index is -0.400. The summed E-state index contributed by atoms with van der Waals surface area (Å²) < 4.78 is 11.1. The molecular weight excluding hydrogens is 462 g/mol. The molecule has 2 saturated heterocycles. The van der Waals surface area contributed by atoms with Gasteiger partial charge in [-0.15, -0.1) is 0 Å². The molecule has 9 heteroatoms. The first-order valence-electron chi connectivity index (χ1n) is 12.7. The summed E-state index contributed by atoms with van der Waals surface area (Å²) in [5, 5.41) is 11.8. The lowest BCUT2D eigenvalue weighted by atomic mass is 9.88. The largest absolute Gasteiger partial charge is 0.486 e. The molecule has 3 aliphatic heterocycles. The van der Waals surface area contributed by atoms with Crippen molar-refractivity contribution in [1.29, 1.82) is 0 Å². The number of ketones is 1. The van der Waals surface area contributed by atoms with E-state index in [1.165, 1.54) is 6.07 Å². The maximum Gasteiger partial charge on any atom is 0.293 e. The van der Waals surface area contributed by atoms with Crippen molar-refractivity contribution in [3.63, 3.8) is 0 Å². The van der Waals surface area contributed by atoms with Crippen molar-refractivity contribution in [3.05, 3.63) is 57.6 Å². The molecule has 1 amide bonds. The number of anilines is 1. The molecule has 3 heterocycles. The highest BCUT2D eigenvalue weighted by Crippen LogP contribution is 2.34. The first kappa shape index (κ1) is 24.1. The lowest BCUT2D eigenvalue weighted by Crippen LogP contribution is -2.40. The van der Waals surface area contributed by atoms with Gasteiger partial charge in [0, 0.05) is 49.3 Å². The molecule has 5 rings (SSSR count). The minimum Gasteiger partial charge on any atom is -0.486 e. The fraction of sp³-hybridized carbons (Fsp3) is 0.481. The van der Waals surface area contributed by atoms with E-state index in [0.29, 0.717) is 73.4 Å². The molecule has 0 atom stereocenters. The van der Waals surface area contributed by atoms with Gasteiger partial charge in [-0.1, -0.05) is 6.92 Å². The molecule has 2 aromatic carbocycles. The van der Waals surface area contributed by atoms with E-state index >= 15 is 0 Å². The second-order valence-corrected chi connectivity index (χ2v) is 9.92. The number of amides is 1. The average Bonchev–Trinajstić information content (AvgIpc) is 2.92. The second kappa shape index (κ2) is 10.2. The Labute approximate surface area is 210 Å². The van der Waals surface area contributed by atoms with Crippen molar-refractivity contribution in [2.75, 3.05) is 44.3 Å². The highest BCUT2D eigenvalue weighted by atomic mass is 16.6. The van der Waals surface area contributed by atoms with Gasteiger partial charge in [-0.2, -0.15) is 0 Å². The standard InChI is InChI=1S/C27H31N3O6/c1-18-6-10-28(11-7-18)22-4-2-21(16-23(22)30(33)34)27(32)29-12-8-19(9-13-29)26(31)20-3-5-24-25(17-20)36-15-14-35-24/h2-5,16-19H,6-15H2,1H3. The van der Waals surface area contributed by atoms with E-state index in [2.05, 4.69) is 6.92 Å². The molecule has 3 aliphatic rings. The average molecular weight is 494 g/mol.